The predicted molar refractivity (Wildman–Crippen MR) is 103 cm³/mol. The minimum atomic E-state index is 0.190. The molecule has 3 heteroatoms. The predicted octanol–water partition coefficient (Wildman–Crippen LogP) is 4.64. The molecule has 0 saturated carbocycles. The first-order chi connectivity index (χ1) is 11.5. The largest absolute Gasteiger partial charge is 0.344 e. The van der Waals surface area contributed by atoms with Crippen molar-refractivity contribution in [2.45, 2.75) is 39.0 Å². The van der Waals surface area contributed by atoms with Crippen LogP contribution in [0.5, 0.6) is 0 Å². The molecular formula is C21H29N3. The Balaban J connectivity index is 1.80. The van der Waals surface area contributed by atoms with Crippen molar-refractivity contribution < 1.29 is 0 Å². The third kappa shape index (κ3) is 3.46. The summed E-state index contributed by atoms with van der Waals surface area (Å²) in [5, 5.41) is 3.48. The molecule has 0 atom stereocenters. The van der Waals surface area contributed by atoms with Crippen molar-refractivity contribution in [1.82, 2.24) is 9.88 Å². The van der Waals surface area contributed by atoms with Gasteiger partial charge in [0.25, 0.3) is 0 Å². The summed E-state index contributed by atoms with van der Waals surface area (Å²) < 4.78 is 0. The number of hydrogen-bond donors (Lipinski definition) is 1. The number of pyridine rings is 1. The summed E-state index contributed by atoms with van der Waals surface area (Å²) in [7, 11) is 2.20. The summed E-state index contributed by atoms with van der Waals surface area (Å²) in [5.41, 5.74) is 4.98. The van der Waals surface area contributed by atoms with Crippen LogP contribution in [0.4, 0.5) is 5.82 Å². The lowest BCUT2D eigenvalue weighted by Gasteiger charge is -2.45. The van der Waals surface area contributed by atoms with Gasteiger partial charge in [-0.05, 0) is 63.0 Å². The highest BCUT2D eigenvalue weighted by atomic mass is 15.1. The van der Waals surface area contributed by atoms with Gasteiger partial charge in [0.1, 0.15) is 5.82 Å². The SMILES string of the molecule is C=C(/C=C/c1cnc2c(c1)CC1(CCN(C)CC1)C(=C)N2)CCC. The number of anilines is 1. The fraction of sp³-hybridized carbons (Fsp3) is 0.476. The first-order valence-corrected chi connectivity index (χ1v) is 9.02. The Morgan fingerprint density at radius 1 is 1.42 bits per heavy atom. The third-order valence-corrected chi connectivity index (χ3v) is 5.45. The van der Waals surface area contributed by atoms with E-state index in [-0.39, 0.29) is 5.41 Å². The molecule has 0 aliphatic carbocycles. The van der Waals surface area contributed by atoms with E-state index >= 15 is 0 Å². The highest BCUT2D eigenvalue weighted by Gasteiger charge is 2.40. The zero-order valence-electron chi connectivity index (χ0n) is 15.1. The van der Waals surface area contributed by atoms with E-state index in [1.54, 1.807) is 0 Å². The highest BCUT2D eigenvalue weighted by molar-refractivity contribution is 5.60. The number of nitrogens with one attached hydrogen (secondary N) is 1. The van der Waals surface area contributed by atoms with Crippen LogP contribution in [-0.4, -0.2) is 30.0 Å². The van der Waals surface area contributed by atoms with Crippen LogP contribution in [0.15, 0.2) is 42.8 Å². The maximum absolute atomic E-state index is 4.62. The number of nitrogens with zero attached hydrogens (tertiary/aromatic N) is 2. The number of fused-ring (bicyclic) bond motifs is 1. The Bertz CT molecular complexity index is 664. The van der Waals surface area contributed by atoms with E-state index < -0.39 is 0 Å². The average molecular weight is 323 g/mol. The van der Waals surface area contributed by atoms with Crippen molar-refractivity contribution in [3.8, 4) is 0 Å². The first kappa shape index (κ1) is 17.0. The summed E-state index contributed by atoms with van der Waals surface area (Å²) in [5.74, 6) is 0.981. The molecule has 0 radical (unpaired) electrons. The van der Waals surface area contributed by atoms with Crippen LogP contribution in [0, 0.1) is 5.41 Å². The molecule has 0 amide bonds. The standard InChI is InChI=1S/C21H29N3/c1-5-6-16(2)7-8-18-13-19-14-21(9-11-24(4)12-10-21)17(3)23-20(19)22-15-18/h7-8,13,15H,2-3,5-6,9-12,14H2,1,4H3,(H,22,23)/b8-7+. The maximum atomic E-state index is 4.62. The molecular weight excluding hydrogens is 294 g/mol. The van der Waals surface area contributed by atoms with E-state index in [4.69, 9.17) is 0 Å². The monoisotopic (exact) mass is 323 g/mol. The van der Waals surface area contributed by atoms with Crippen LogP contribution in [-0.2, 0) is 6.42 Å². The van der Waals surface area contributed by atoms with E-state index in [9.17, 15) is 0 Å². The smallest absolute Gasteiger partial charge is 0.133 e. The quantitative estimate of drug-likeness (QED) is 0.818. The average Bonchev–Trinajstić information content (AvgIpc) is 2.57. The molecule has 1 N–H and O–H groups in total. The Morgan fingerprint density at radius 3 is 2.88 bits per heavy atom. The Kier molecular flexibility index (Phi) is 4.91. The molecule has 1 aromatic rings. The minimum Gasteiger partial charge on any atom is -0.344 e. The van der Waals surface area contributed by atoms with Gasteiger partial charge < -0.3 is 10.2 Å². The Hall–Kier alpha value is -1.87. The molecule has 1 fully saturated rings. The van der Waals surface area contributed by atoms with Crippen LogP contribution in [0.1, 0.15) is 43.7 Å². The van der Waals surface area contributed by atoms with Gasteiger partial charge >= 0.3 is 0 Å². The molecule has 1 aromatic heterocycles. The van der Waals surface area contributed by atoms with E-state index in [1.165, 1.54) is 24.0 Å². The molecule has 0 unspecified atom stereocenters. The molecule has 2 aliphatic heterocycles. The lowest BCUT2D eigenvalue weighted by molar-refractivity contribution is 0.153. The second-order valence-electron chi connectivity index (χ2n) is 7.38. The second kappa shape index (κ2) is 6.94. The molecule has 2 aliphatic rings. The highest BCUT2D eigenvalue weighted by Crippen LogP contribution is 2.45. The van der Waals surface area contributed by atoms with Crippen LogP contribution in [0.3, 0.4) is 0 Å². The Labute approximate surface area is 146 Å². The lowest BCUT2D eigenvalue weighted by Crippen LogP contribution is -2.43. The maximum Gasteiger partial charge on any atom is 0.133 e. The van der Waals surface area contributed by atoms with Gasteiger partial charge in [-0.15, -0.1) is 0 Å². The molecule has 0 aromatic carbocycles. The summed E-state index contributed by atoms with van der Waals surface area (Å²) in [6.07, 6.45) is 11.8. The molecule has 1 saturated heterocycles. The fourth-order valence-corrected chi connectivity index (χ4v) is 3.76. The number of hydrogen-bond acceptors (Lipinski definition) is 3. The molecule has 0 bridgehead atoms. The summed E-state index contributed by atoms with van der Waals surface area (Å²) >= 11 is 0. The van der Waals surface area contributed by atoms with Gasteiger partial charge in [0.15, 0.2) is 0 Å². The van der Waals surface area contributed by atoms with Crippen molar-refractivity contribution in [2.24, 2.45) is 5.41 Å². The third-order valence-electron chi connectivity index (χ3n) is 5.45. The fourth-order valence-electron chi connectivity index (χ4n) is 3.76. The van der Waals surface area contributed by atoms with Crippen LogP contribution >= 0.6 is 0 Å². The van der Waals surface area contributed by atoms with Gasteiger partial charge in [-0.25, -0.2) is 4.98 Å². The second-order valence-corrected chi connectivity index (χ2v) is 7.38. The molecule has 3 rings (SSSR count). The van der Waals surface area contributed by atoms with Gasteiger partial charge in [0.05, 0.1) is 0 Å². The lowest BCUT2D eigenvalue weighted by atomic mass is 9.70. The van der Waals surface area contributed by atoms with E-state index in [1.807, 2.05) is 6.20 Å². The number of piperidine rings is 1. The van der Waals surface area contributed by atoms with Crippen LogP contribution in [0.25, 0.3) is 6.08 Å². The Morgan fingerprint density at radius 2 is 2.17 bits per heavy atom. The summed E-state index contributed by atoms with van der Waals surface area (Å²) in [4.78, 5) is 7.03. The molecule has 3 heterocycles. The van der Waals surface area contributed by atoms with E-state index in [2.05, 4.69) is 60.5 Å². The summed E-state index contributed by atoms with van der Waals surface area (Å²) in [6, 6.07) is 2.28. The van der Waals surface area contributed by atoms with Crippen LogP contribution < -0.4 is 5.32 Å². The molecule has 128 valence electrons. The molecule has 1 spiro atoms. The van der Waals surface area contributed by atoms with Crippen molar-refractivity contribution in [3.63, 3.8) is 0 Å². The van der Waals surface area contributed by atoms with Gasteiger partial charge in [0, 0.05) is 17.3 Å². The molecule has 24 heavy (non-hydrogen) atoms. The normalized spacial score (nSPS) is 20.2. The number of likely N-dealkylation sites (tertiary alicyclic amines) is 1. The van der Waals surface area contributed by atoms with Gasteiger partial charge in [-0.1, -0.05) is 44.2 Å². The number of aromatic nitrogens is 1. The van der Waals surface area contributed by atoms with Crippen molar-refractivity contribution in [2.75, 3.05) is 25.5 Å². The zero-order chi connectivity index (χ0) is 17.2. The topological polar surface area (TPSA) is 28.2 Å². The van der Waals surface area contributed by atoms with Crippen molar-refractivity contribution in [1.29, 1.82) is 0 Å². The van der Waals surface area contributed by atoms with Crippen molar-refractivity contribution >= 4 is 11.9 Å². The van der Waals surface area contributed by atoms with Crippen molar-refractivity contribution in [3.05, 3.63) is 53.9 Å². The zero-order valence-corrected chi connectivity index (χ0v) is 15.1. The van der Waals surface area contributed by atoms with E-state index in [0.717, 1.165) is 49.4 Å². The van der Waals surface area contributed by atoms with E-state index in [0.29, 0.717) is 0 Å². The first-order valence-electron chi connectivity index (χ1n) is 9.02. The minimum absolute atomic E-state index is 0.190. The van der Waals surface area contributed by atoms with Gasteiger partial charge in [-0.2, -0.15) is 0 Å². The number of allylic oxidation sites excluding steroid dienone is 3. The number of rotatable bonds is 4. The van der Waals surface area contributed by atoms with Gasteiger partial charge in [0.2, 0.25) is 0 Å². The van der Waals surface area contributed by atoms with Gasteiger partial charge in [-0.3, -0.25) is 0 Å². The molecule has 3 nitrogen and oxygen atoms in total. The van der Waals surface area contributed by atoms with Crippen LogP contribution in [0.2, 0.25) is 0 Å². The summed E-state index contributed by atoms with van der Waals surface area (Å²) in [6.45, 7) is 12.9.